The molecule has 0 radical (unpaired) electrons. The number of rotatable bonds is 4. The van der Waals surface area contributed by atoms with Crippen LogP contribution < -0.4 is 4.72 Å². The highest BCUT2D eigenvalue weighted by Gasteiger charge is 2.19. The van der Waals surface area contributed by atoms with E-state index < -0.39 is 33.2 Å². The Morgan fingerprint density at radius 1 is 1.10 bits per heavy atom. The molecule has 2 aromatic carbocycles. The summed E-state index contributed by atoms with van der Waals surface area (Å²) in [5.74, 6) is -1.64. The topological polar surface area (TPSA) is 66.4 Å². The Bertz CT molecular complexity index is 781. The van der Waals surface area contributed by atoms with E-state index in [1.165, 1.54) is 18.2 Å². The molecule has 0 amide bonds. The Hall–Kier alpha value is -1.51. The molecule has 8 heteroatoms. The smallest absolute Gasteiger partial charge is 0.264 e. The normalized spacial score (nSPS) is 11.4. The average Bonchev–Trinajstić information content (AvgIpc) is 2.42. The summed E-state index contributed by atoms with van der Waals surface area (Å²) in [6.45, 7) is -0.400. The van der Waals surface area contributed by atoms with Gasteiger partial charge in [0.1, 0.15) is 16.5 Å². The van der Waals surface area contributed by atoms with Crippen LogP contribution in [-0.4, -0.2) is 13.5 Å². The third-order valence-corrected chi connectivity index (χ3v) is 4.70. The molecule has 112 valence electrons. The monoisotopic (exact) mass is 377 g/mol. The highest BCUT2D eigenvalue weighted by molar-refractivity contribution is 9.10. The van der Waals surface area contributed by atoms with Crippen molar-refractivity contribution in [3.8, 4) is 0 Å². The molecule has 0 aliphatic carbocycles. The first-order valence-electron chi connectivity index (χ1n) is 5.70. The molecular weight excluding hydrogens is 368 g/mol. The van der Waals surface area contributed by atoms with Crippen LogP contribution in [0, 0.1) is 11.6 Å². The molecule has 4 nitrogen and oxygen atoms in total. The Labute approximate surface area is 128 Å². The number of sulfonamides is 1. The molecule has 0 aliphatic rings. The van der Waals surface area contributed by atoms with E-state index in [1.807, 2.05) is 0 Å². The van der Waals surface area contributed by atoms with Gasteiger partial charge in [-0.1, -0.05) is 6.07 Å². The largest absolute Gasteiger partial charge is 0.392 e. The molecule has 21 heavy (non-hydrogen) atoms. The van der Waals surface area contributed by atoms with E-state index in [1.54, 1.807) is 0 Å². The number of aliphatic hydroxyl groups is 1. The van der Waals surface area contributed by atoms with Crippen molar-refractivity contribution in [2.24, 2.45) is 0 Å². The lowest BCUT2D eigenvalue weighted by atomic mass is 10.2. The van der Waals surface area contributed by atoms with Crippen LogP contribution in [0.1, 0.15) is 5.56 Å². The van der Waals surface area contributed by atoms with Crippen molar-refractivity contribution >= 4 is 31.6 Å². The highest BCUT2D eigenvalue weighted by atomic mass is 79.9. The van der Waals surface area contributed by atoms with Crippen molar-refractivity contribution in [1.82, 2.24) is 0 Å². The molecule has 2 aromatic rings. The fourth-order valence-corrected chi connectivity index (χ4v) is 2.99. The van der Waals surface area contributed by atoms with E-state index >= 15 is 0 Å². The average molecular weight is 378 g/mol. The maximum absolute atomic E-state index is 13.8. The zero-order valence-electron chi connectivity index (χ0n) is 10.5. The van der Waals surface area contributed by atoms with Gasteiger partial charge in [0, 0.05) is 0 Å². The van der Waals surface area contributed by atoms with Gasteiger partial charge in [-0.25, -0.2) is 17.2 Å². The first kappa shape index (κ1) is 15.9. The Balaban J connectivity index is 2.36. The van der Waals surface area contributed by atoms with Crippen molar-refractivity contribution < 1.29 is 22.3 Å². The predicted molar refractivity (Wildman–Crippen MR) is 77.2 cm³/mol. The van der Waals surface area contributed by atoms with Gasteiger partial charge in [0.15, 0.2) is 0 Å². The Morgan fingerprint density at radius 2 is 1.81 bits per heavy atom. The number of aliphatic hydroxyl groups excluding tert-OH is 1. The molecule has 0 unspecified atom stereocenters. The lowest BCUT2D eigenvalue weighted by Gasteiger charge is -2.10. The first-order chi connectivity index (χ1) is 9.83. The molecule has 0 aromatic heterocycles. The zero-order chi connectivity index (χ0) is 15.6. The van der Waals surface area contributed by atoms with Crippen molar-refractivity contribution in [2.45, 2.75) is 11.5 Å². The lowest BCUT2D eigenvalue weighted by molar-refractivity contribution is 0.281. The standard InChI is InChI=1S/C13H10BrF2NO3S/c14-10-3-2-9(6-11(10)15)17-21(19,20)13-4-1-8(7-18)5-12(13)16/h1-6,17-18H,7H2. The quantitative estimate of drug-likeness (QED) is 0.860. The maximum Gasteiger partial charge on any atom is 0.264 e. The Kier molecular flexibility index (Phi) is 4.60. The van der Waals surface area contributed by atoms with Gasteiger partial charge in [0.2, 0.25) is 0 Å². The van der Waals surface area contributed by atoms with Crippen LogP contribution in [0.15, 0.2) is 45.8 Å². The van der Waals surface area contributed by atoms with Crippen LogP contribution in [-0.2, 0) is 16.6 Å². The third-order valence-electron chi connectivity index (χ3n) is 2.64. The molecule has 0 spiro atoms. The van der Waals surface area contributed by atoms with Crippen LogP contribution in [0.25, 0.3) is 0 Å². The van der Waals surface area contributed by atoms with Crippen molar-refractivity contribution in [1.29, 1.82) is 0 Å². The fraction of sp³-hybridized carbons (Fsp3) is 0.0769. The lowest BCUT2D eigenvalue weighted by Crippen LogP contribution is -2.15. The molecule has 0 saturated heterocycles. The second kappa shape index (κ2) is 6.08. The first-order valence-corrected chi connectivity index (χ1v) is 7.98. The van der Waals surface area contributed by atoms with Crippen LogP contribution in [0.5, 0.6) is 0 Å². The van der Waals surface area contributed by atoms with Crippen LogP contribution >= 0.6 is 15.9 Å². The SMILES string of the molecule is O=S(=O)(Nc1ccc(Br)c(F)c1)c1ccc(CO)cc1F. The molecule has 0 atom stereocenters. The van der Waals surface area contributed by atoms with Crippen LogP contribution in [0.4, 0.5) is 14.5 Å². The van der Waals surface area contributed by atoms with Crippen molar-refractivity contribution in [3.63, 3.8) is 0 Å². The number of hydrogen-bond donors (Lipinski definition) is 2. The summed E-state index contributed by atoms with van der Waals surface area (Å²) in [7, 11) is -4.19. The van der Waals surface area contributed by atoms with E-state index in [-0.39, 0.29) is 15.7 Å². The van der Waals surface area contributed by atoms with E-state index in [2.05, 4.69) is 20.7 Å². The number of halogens is 3. The van der Waals surface area contributed by atoms with E-state index in [9.17, 15) is 17.2 Å². The summed E-state index contributed by atoms with van der Waals surface area (Å²) in [5.41, 5.74) is 0.225. The molecule has 0 saturated carbocycles. The number of hydrogen-bond acceptors (Lipinski definition) is 3. The van der Waals surface area contributed by atoms with Crippen molar-refractivity contribution in [2.75, 3.05) is 4.72 Å². The number of benzene rings is 2. The second-order valence-corrected chi connectivity index (χ2v) is 6.66. The summed E-state index contributed by atoms with van der Waals surface area (Å²) in [6.07, 6.45) is 0. The Morgan fingerprint density at radius 3 is 2.38 bits per heavy atom. The third kappa shape index (κ3) is 3.58. The molecule has 2 rings (SSSR count). The summed E-state index contributed by atoms with van der Waals surface area (Å²) in [5, 5.41) is 8.87. The second-order valence-electron chi connectivity index (χ2n) is 4.16. The fourth-order valence-electron chi connectivity index (χ4n) is 1.63. The summed E-state index contributed by atoms with van der Waals surface area (Å²) >= 11 is 2.95. The molecule has 0 fully saturated rings. The van der Waals surface area contributed by atoms with Gasteiger partial charge in [-0.2, -0.15) is 0 Å². The minimum Gasteiger partial charge on any atom is -0.392 e. The summed E-state index contributed by atoms with van der Waals surface area (Å²) in [4.78, 5) is -0.581. The minimum atomic E-state index is -4.19. The molecule has 0 heterocycles. The number of nitrogens with one attached hydrogen (secondary N) is 1. The molecule has 2 N–H and O–H groups in total. The van der Waals surface area contributed by atoms with Gasteiger partial charge >= 0.3 is 0 Å². The zero-order valence-corrected chi connectivity index (χ0v) is 12.9. The minimum absolute atomic E-state index is 0.0265. The maximum atomic E-state index is 13.8. The number of anilines is 1. The van der Waals surface area contributed by atoms with Crippen LogP contribution in [0.3, 0.4) is 0 Å². The molecular formula is C13H10BrF2NO3S. The van der Waals surface area contributed by atoms with E-state index in [4.69, 9.17) is 5.11 Å². The van der Waals surface area contributed by atoms with Gasteiger partial charge in [0.25, 0.3) is 10.0 Å². The predicted octanol–water partition coefficient (Wildman–Crippen LogP) is 3.02. The summed E-state index contributed by atoms with van der Waals surface area (Å²) in [6, 6.07) is 6.90. The van der Waals surface area contributed by atoms with E-state index in [0.717, 1.165) is 18.2 Å². The van der Waals surface area contributed by atoms with Gasteiger partial charge in [-0.15, -0.1) is 0 Å². The van der Waals surface area contributed by atoms with E-state index in [0.29, 0.717) is 0 Å². The summed E-state index contributed by atoms with van der Waals surface area (Å²) < 4.78 is 53.5. The highest BCUT2D eigenvalue weighted by Crippen LogP contribution is 2.23. The van der Waals surface area contributed by atoms with Gasteiger partial charge in [-0.3, -0.25) is 4.72 Å². The molecule has 0 bridgehead atoms. The van der Waals surface area contributed by atoms with Gasteiger partial charge in [-0.05, 0) is 51.8 Å². The molecule has 0 aliphatic heterocycles. The van der Waals surface area contributed by atoms with Crippen LogP contribution in [0.2, 0.25) is 0 Å². The van der Waals surface area contributed by atoms with Gasteiger partial charge in [0.05, 0.1) is 16.8 Å². The van der Waals surface area contributed by atoms with Gasteiger partial charge < -0.3 is 5.11 Å². The van der Waals surface area contributed by atoms with Crippen molar-refractivity contribution in [3.05, 3.63) is 58.1 Å².